The summed E-state index contributed by atoms with van der Waals surface area (Å²) in [7, 11) is 0. The lowest BCUT2D eigenvalue weighted by Gasteiger charge is -2.21. The molecule has 6 nitrogen and oxygen atoms in total. The van der Waals surface area contributed by atoms with Crippen LogP contribution in [0.15, 0.2) is 51.6 Å². The number of aliphatic hydroxyl groups is 1. The maximum atomic E-state index is 11.9. The maximum Gasteiger partial charge on any atom is 0.251 e. The summed E-state index contributed by atoms with van der Waals surface area (Å²) in [6.07, 6.45) is 1.58. The molecular formula is C17H19BrN2O4. The molecule has 7 heteroatoms. The van der Waals surface area contributed by atoms with Crippen molar-refractivity contribution in [3.8, 4) is 0 Å². The number of amides is 2. The van der Waals surface area contributed by atoms with E-state index in [1.807, 2.05) is 0 Å². The van der Waals surface area contributed by atoms with Gasteiger partial charge in [0.2, 0.25) is 5.91 Å². The number of carbonyl (C=O) groups excluding carboxylic acids is 2. The van der Waals surface area contributed by atoms with Crippen LogP contribution in [0, 0.1) is 0 Å². The van der Waals surface area contributed by atoms with Gasteiger partial charge >= 0.3 is 0 Å². The van der Waals surface area contributed by atoms with Gasteiger partial charge in [0.15, 0.2) is 0 Å². The third-order valence-electron chi connectivity index (χ3n) is 3.43. The molecule has 0 aliphatic heterocycles. The van der Waals surface area contributed by atoms with E-state index >= 15 is 0 Å². The Morgan fingerprint density at radius 2 is 1.92 bits per heavy atom. The Hall–Kier alpha value is -2.12. The van der Waals surface area contributed by atoms with Gasteiger partial charge in [0.25, 0.3) is 5.91 Å². The minimum absolute atomic E-state index is 0.0278. The first-order valence-electron chi connectivity index (χ1n) is 7.45. The molecule has 0 fully saturated rings. The number of benzene rings is 1. The first kappa shape index (κ1) is 18.2. The summed E-state index contributed by atoms with van der Waals surface area (Å²) in [5.41, 5.74) is -0.751. The minimum Gasteiger partial charge on any atom is -0.466 e. The summed E-state index contributed by atoms with van der Waals surface area (Å²) in [5.74, 6) is -0.123. The fourth-order valence-corrected chi connectivity index (χ4v) is 2.29. The van der Waals surface area contributed by atoms with Crippen molar-refractivity contribution in [1.82, 2.24) is 10.6 Å². The molecule has 1 atom stereocenters. The lowest BCUT2D eigenvalue weighted by molar-refractivity contribution is -0.122. The predicted octanol–water partition coefficient (Wildman–Crippen LogP) is 2.19. The predicted molar refractivity (Wildman–Crippen MR) is 92.4 cm³/mol. The summed E-state index contributed by atoms with van der Waals surface area (Å²) in [6, 6.07) is 10.3. The molecule has 0 aliphatic rings. The van der Waals surface area contributed by atoms with Gasteiger partial charge in [0, 0.05) is 23.0 Å². The van der Waals surface area contributed by atoms with Crippen molar-refractivity contribution in [1.29, 1.82) is 0 Å². The summed E-state index contributed by atoms with van der Waals surface area (Å²) in [6.45, 7) is 1.80. The van der Waals surface area contributed by atoms with Crippen LogP contribution in [-0.4, -0.2) is 30.0 Å². The zero-order valence-electron chi connectivity index (χ0n) is 13.2. The van der Waals surface area contributed by atoms with Crippen LogP contribution in [0.3, 0.4) is 0 Å². The van der Waals surface area contributed by atoms with Crippen molar-refractivity contribution in [2.45, 2.75) is 18.9 Å². The van der Waals surface area contributed by atoms with Gasteiger partial charge in [-0.05, 0) is 43.3 Å². The van der Waals surface area contributed by atoms with Crippen LogP contribution < -0.4 is 10.6 Å². The molecular weight excluding hydrogens is 376 g/mol. The van der Waals surface area contributed by atoms with Crippen LogP contribution in [0.4, 0.5) is 0 Å². The Labute approximate surface area is 148 Å². The molecule has 0 saturated heterocycles. The van der Waals surface area contributed by atoms with E-state index in [1.165, 1.54) is 6.26 Å². The second-order valence-corrected chi connectivity index (χ2v) is 6.46. The molecule has 1 aromatic heterocycles. The second kappa shape index (κ2) is 8.12. The van der Waals surface area contributed by atoms with Crippen LogP contribution >= 0.6 is 15.9 Å². The number of nitrogens with one attached hydrogen (secondary N) is 2. The lowest BCUT2D eigenvalue weighted by atomic mass is 10.0. The summed E-state index contributed by atoms with van der Waals surface area (Å²) >= 11 is 3.30. The fraction of sp³-hybridized carbons (Fsp3) is 0.294. The Morgan fingerprint density at radius 1 is 1.21 bits per heavy atom. The molecule has 0 aliphatic carbocycles. The number of hydrogen-bond acceptors (Lipinski definition) is 4. The fourth-order valence-electron chi connectivity index (χ4n) is 2.02. The van der Waals surface area contributed by atoms with Crippen molar-refractivity contribution < 1.29 is 19.1 Å². The highest BCUT2D eigenvalue weighted by molar-refractivity contribution is 9.10. The molecule has 3 N–H and O–H groups in total. The molecule has 0 unspecified atom stereocenters. The van der Waals surface area contributed by atoms with Crippen LogP contribution in [-0.2, 0) is 10.4 Å². The van der Waals surface area contributed by atoms with E-state index in [0.717, 1.165) is 4.47 Å². The van der Waals surface area contributed by atoms with Crippen LogP contribution in [0.2, 0.25) is 0 Å². The average molecular weight is 395 g/mol. The quantitative estimate of drug-likeness (QED) is 0.670. The molecule has 1 aromatic carbocycles. The summed E-state index contributed by atoms with van der Waals surface area (Å²) in [5, 5.41) is 15.5. The van der Waals surface area contributed by atoms with E-state index in [-0.39, 0.29) is 31.3 Å². The van der Waals surface area contributed by atoms with Crippen molar-refractivity contribution in [3.63, 3.8) is 0 Å². The number of furan rings is 1. The molecule has 0 radical (unpaired) electrons. The molecule has 2 aromatic rings. The highest BCUT2D eigenvalue weighted by atomic mass is 79.9. The summed E-state index contributed by atoms with van der Waals surface area (Å²) in [4.78, 5) is 23.7. The highest BCUT2D eigenvalue weighted by Gasteiger charge is 2.26. The van der Waals surface area contributed by atoms with Gasteiger partial charge in [0.05, 0.1) is 12.8 Å². The third kappa shape index (κ3) is 5.21. The van der Waals surface area contributed by atoms with E-state index in [1.54, 1.807) is 43.3 Å². The SMILES string of the molecule is C[C@](O)(CNC(=O)CCNC(=O)c1ccc(Br)cc1)c1ccco1. The standard InChI is InChI=1S/C17H19BrN2O4/c1-17(23,14-3-2-10-24-14)11-20-15(21)8-9-19-16(22)12-4-6-13(18)7-5-12/h2-7,10,23H,8-9,11H2,1H3,(H,19,22)(H,20,21)/t17-/m0/s1. The molecule has 0 saturated carbocycles. The van der Waals surface area contributed by atoms with Gasteiger partial charge in [0.1, 0.15) is 11.4 Å². The van der Waals surface area contributed by atoms with Gasteiger partial charge < -0.3 is 20.2 Å². The zero-order chi connectivity index (χ0) is 17.6. The van der Waals surface area contributed by atoms with Gasteiger partial charge in [-0.25, -0.2) is 0 Å². The van der Waals surface area contributed by atoms with Gasteiger partial charge in [-0.1, -0.05) is 15.9 Å². The number of hydrogen-bond donors (Lipinski definition) is 3. The third-order valence-corrected chi connectivity index (χ3v) is 3.95. The van der Waals surface area contributed by atoms with Crippen molar-refractivity contribution in [2.75, 3.05) is 13.1 Å². The van der Waals surface area contributed by atoms with Gasteiger partial charge in [-0.3, -0.25) is 9.59 Å². The normalized spacial score (nSPS) is 13.1. The number of rotatable bonds is 7. The molecule has 24 heavy (non-hydrogen) atoms. The molecule has 128 valence electrons. The topological polar surface area (TPSA) is 91.6 Å². The smallest absolute Gasteiger partial charge is 0.251 e. The Morgan fingerprint density at radius 3 is 2.54 bits per heavy atom. The Bertz CT molecular complexity index is 681. The first-order chi connectivity index (χ1) is 11.4. The van der Waals surface area contributed by atoms with E-state index in [2.05, 4.69) is 26.6 Å². The monoisotopic (exact) mass is 394 g/mol. The van der Waals surface area contributed by atoms with E-state index < -0.39 is 5.60 Å². The molecule has 2 amide bonds. The average Bonchev–Trinajstić information content (AvgIpc) is 3.09. The van der Waals surface area contributed by atoms with Crippen LogP contribution in [0.5, 0.6) is 0 Å². The van der Waals surface area contributed by atoms with E-state index in [4.69, 9.17) is 4.42 Å². The largest absolute Gasteiger partial charge is 0.466 e. The molecule has 0 spiro atoms. The second-order valence-electron chi connectivity index (χ2n) is 5.54. The Balaban J connectivity index is 1.71. The van der Waals surface area contributed by atoms with E-state index in [9.17, 15) is 14.7 Å². The van der Waals surface area contributed by atoms with Gasteiger partial charge in [-0.15, -0.1) is 0 Å². The number of carbonyl (C=O) groups is 2. The van der Waals surface area contributed by atoms with Crippen molar-refractivity contribution in [3.05, 3.63) is 58.5 Å². The van der Waals surface area contributed by atoms with Crippen LogP contribution in [0.25, 0.3) is 0 Å². The summed E-state index contributed by atoms with van der Waals surface area (Å²) < 4.78 is 6.03. The molecule has 0 bridgehead atoms. The van der Waals surface area contributed by atoms with Crippen LogP contribution in [0.1, 0.15) is 29.5 Å². The van der Waals surface area contributed by atoms with E-state index in [0.29, 0.717) is 11.3 Å². The minimum atomic E-state index is -1.28. The highest BCUT2D eigenvalue weighted by Crippen LogP contribution is 2.19. The first-order valence-corrected chi connectivity index (χ1v) is 8.24. The maximum absolute atomic E-state index is 11.9. The van der Waals surface area contributed by atoms with Gasteiger partial charge in [-0.2, -0.15) is 0 Å². The zero-order valence-corrected chi connectivity index (χ0v) is 14.8. The van der Waals surface area contributed by atoms with Crippen molar-refractivity contribution in [2.24, 2.45) is 0 Å². The molecule has 1 heterocycles. The molecule has 2 rings (SSSR count). The lowest BCUT2D eigenvalue weighted by Crippen LogP contribution is -2.39. The van der Waals surface area contributed by atoms with Crippen molar-refractivity contribution >= 4 is 27.7 Å². The number of halogens is 1. The Kier molecular flexibility index (Phi) is 6.16.